The minimum atomic E-state index is 0. The third kappa shape index (κ3) is 1.28. The summed E-state index contributed by atoms with van der Waals surface area (Å²) < 4.78 is 5.09. The van der Waals surface area contributed by atoms with Crippen LogP contribution >= 0.6 is 12.4 Å². The van der Waals surface area contributed by atoms with E-state index in [1.54, 1.807) is 0 Å². The molecule has 0 bridgehead atoms. The van der Waals surface area contributed by atoms with Crippen molar-refractivity contribution in [3.05, 3.63) is 17.2 Å². The number of aryl methyl sites for hydroxylation is 2. The Morgan fingerprint density at radius 2 is 1.93 bits per heavy atom. The molecule has 0 saturated heterocycles. The third-order valence-electron chi connectivity index (χ3n) is 2.31. The lowest BCUT2D eigenvalue weighted by molar-refractivity contribution is 0.459. The molecule has 0 amide bonds. The first-order valence-electron chi connectivity index (χ1n) is 4.02. The molecular formula is C9H12ClN3O. The summed E-state index contributed by atoms with van der Waals surface area (Å²) in [6.07, 6.45) is 0. The van der Waals surface area contributed by atoms with Crippen LogP contribution in [0, 0.1) is 13.8 Å². The molecule has 0 fully saturated rings. The summed E-state index contributed by atoms with van der Waals surface area (Å²) in [5.41, 5.74) is 14.8. The number of anilines is 2. The van der Waals surface area contributed by atoms with Gasteiger partial charge in [0.15, 0.2) is 11.4 Å². The molecule has 0 spiro atoms. The van der Waals surface area contributed by atoms with E-state index in [1.807, 2.05) is 19.9 Å². The highest BCUT2D eigenvalue weighted by Crippen LogP contribution is 2.31. The fourth-order valence-electron chi connectivity index (χ4n) is 1.43. The highest BCUT2D eigenvalue weighted by molar-refractivity contribution is 5.99. The number of aromatic nitrogens is 1. The first-order valence-corrected chi connectivity index (χ1v) is 4.02. The first-order chi connectivity index (χ1) is 6.11. The van der Waals surface area contributed by atoms with Crippen LogP contribution in [0.1, 0.15) is 11.1 Å². The van der Waals surface area contributed by atoms with Gasteiger partial charge in [-0.05, 0) is 31.0 Å². The Kier molecular flexibility index (Phi) is 2.57. The van der Waals surface area contributed by atoms with E-state index in [2.05, 4.69) is 5.16 Å². The van der Waals surface area contributed by atoms with Gasteiger partial charge < -0.3 is 16.0 Å². The molecule has 0 aliphatic heterocycles. The number of nitrogens with zero attached hydrogens (tertiary/aromatic N) is 1. The SMILES string of the molecule is Cc1cc(N)c2c(N)noc2c1C.Cl. The smallest absolute Gasteiger partial charge is 0.176 e. The highest BCUT2D eigenvalue weighted by Gasteiger charge is 2.12. The van der Waals surface area contributed by atoms with Crippen LogP contribution in [0.4, 0.5) is 11.5 Å². The maximum atomic E-state index is 5.79. The zero-order chi connectivity index (χ0) is 9.59. The fraction of sp³-hybridized carbons (Fsp3) is 0.222. The summed E-state index contributed by atoms with van der Waals surface area (Å²) >= 11 is 0. The lowest BCUT2D eigenvalue weighted by atomic mass is 10.1. The van der Waals surface area contributed by atoms with Gasteiger partial charge in [0, 0.05) is 5.69 Å². The van der Waals surface area contributed by atoms with E-state index in [-0.39, 0.29) is 12.4 Å². The molecular weight excluding hydrogens is 202 g/mol. The van der Waals surface area contributed by atoms with Crippen LogP contribution < -0.4 is 11.5 Å². The Bertz CT molecular complexity index is 478. The summed E-state index contributed by atoms with van der Waals surface area (Å²) in [7, 11) is 0. The van der Waals surface area contributed by atoms with Crippen molar-refractivity contribution in [2.45, 2.75) is 13.8 Å². The van der Waals surface area contributed by atoms with Crippen molar-refractivity contribution < 1.29 is 4.52 Å². The van der Waals surface area contributed by atoms with Crippen LogP contribution in [0.5, 0.6) is 0 Å². The summed E-state index contributed by atoms with van der Waals surface area (Å²) in [5.74, 6) is 0.357. The topological polar surface area (TPSA) is 78.1 Å². The number of halogens is 1. The Hall–Kier alpha value is -1.42. The average Bonchev–Trinajstić information content (AvgIpc) is 2.44. The van der Waals surface area contributed by atoms with E-state index < -0.39 is 0 Å². The van der Waals surface area contributed by atoms with Crippen molar-refractivity contribution in [3.63, 3.8) is 0 Å². The van der Waals surface area contributed by atoms with Gasteiger partial charge in [-0.1, -0.05) is 5.16 Å². The second kappa shape index (κ2) is 3.38. The molecule has 4 N–H and O–H groups in total. The van der Waals surface area contributed by atoms with Crippen LogP contribution in [-0.4, -0.2) is 5.16 Å². The molecule has 1 aromatic carbocycles. The lowest BCUT2D eigenvalue weighted by Crippen LogP contribution is -1.92. The molecule has 0 aliphatic carbocycles. The number of nitrogens with two attached hydrogens (primary N) is 2. The number of hydrogen-bond acceptors (Lipinski definition) is 4. The van der Waals surface area contributed by atoms with Crippen LogP contribution in [0.2, 0.25) is 0 Å². The normalized spacial score (nSPS) is 10.1. The number of benzene rings is 1. The van der Waals surface area contributed by atoms with E-state index in [0.717, 1.165) is 16.5 Å². The van der Waals surface area contributed by atoms with Crippen molar-refractivity contribution in [2.24, 2.45) is 0 Å². The van der Waals surface area contributed by atoms with E-state index in [4.69, 9.17) is 16.0 Å². The molecule has 4 nitrogen and oxygen atoms in total. The Morgan fingerprint density at radius 3 is 2.57 bits per heavy atom. The lowest BCUT2D eigenvalue weighted by Gasteiger charge is -2.02. The van der Waals surface area contributed by atoms with Gasteiger partial charge in [0.1, 0.15) is 0 Å². The van der Waals surface area contributed by atoms with Crippen molar-refractivity contribution in [1.29, 1.82) is 0 Å². The maximum Gasteiger partial charge on any atom is 0.176 e. The predicted molar refractivity (Wildman–Crippen MR) is 59.6 cm³/mol. The summed E-state index contributed by atoms with van der Waals surface area (Å²) in [4.78, 5) is 0. The minimum Gasteiger partial charge on any atom is -0.398 e. The molecule has 0 aliphatic rings. The second-order valence-corrected chi connectivity index (χ2v) is 3.18. The molecule has 0 atom stereocenters. The number of rotatable bonds is 0. The van der Waals surface area contributed by atoms with Crippen LogP contribution in [0.25, 0.3) is 11.0 Å². The average molecular weight is 214 g/mol. The van der Waals surface area contributed by atoms with Crippen LogP contribution in [0.3, 0.4) is 0 Å². The van der Waals surface area contributed by atoms with E-state index in [9.17, 15) is 0 Å². The molecule has 76 valence electrons. The Balaban J connectivity index is 0.000000980. The molecule has 1 aromatic heterocycles. The summed E-state index contributed by atoms with van der Waals surface area (Å²) in [6.45, 7) is 3.94. The fourth-order valence-corrected chi connectivity index (χ4v) is 1.43. The molecule has 0 unspecified atom stereocenters. The number of hydrogen-bond donors (Lipinski definition) is 2. The standard InChI is InChI=1S/C9H11N3O.ClH/c1-4-3-6(10)7-8(5(4)2)13-12-9(7)11;/h3H,10H2,1-2H3,(H2,11,12);1H. The number of nitrogen functional groups attached to an aromatic ring is 2. The van der Waals surface area contributed by atoms with Crippen LogP contribution in [-0.2, 0) is 0 Å². The van der Waals surface area contributed by atoms with E-state index in [0.29, 0.717) is 17.1 Å². The van der Waals surface area contributed by atoms with Crippen molar-refractivity contribution in [1.82, 2.24) is 5.16 Å². The molecule has 2 rings (SSSR count). The van der Waals surface area contributed by atoms with Crippen molar-refractivity contribution in [3.8, 4) is 0 Å². The molecule has 14 heavy (non-hydrogen) atoms. The maximum absolute atomic E-state index is 5.79. The van der Waals surface area contributed by atoms with Gasteiger partial charge in [-0.2, -0.15) is 0 Å². The van der Waals surface area contributed by atoms with Gasteiger partial charge in [-0.3, -0.25) is 0 Å². The van der Waals surface area contributed by atoms with Gasteiger partial charge in [0.25, 0.3) is 0 Å². The predicted octanol–water partition coefficient (Wildman–Crippen LogP) is 2.03. The van der Waals surface area contributed by atoms with Gasteiger partial charge >= 0.3 is 0 Å². The summed E-state index contributed by atoms with van der Waals surface area (Å²) in [5, 5.41) is 4.41. The second-order valence-electron chi connectivity index (χ2n) is 3.18. The van der Waals surface area contributed by atoms with Crippen LogP contribution in [0.15, 0.2) is 10.6 Å². The molecule has 2 aromatic rings. The Morgan fingerprint density at radius 1 is 1.29 bits per heavy atom. The van der Waals surface area contributed by atoms with Crippen molar-refractivity contribution >= 4 is 34.9 Å². The van der Waals surface area contributed by atoms with Crippen molar-refractivity contribution in [2.75, 3.05) is 11.5 Å². The van der Waals surface area contributed by atoms with E-state index in [1.165, 1.54) is 0 Å². The summed E-state index contributed by atoms with van der Waals surface area (Å²) in [6, 6.07) is 1.88. The third-order valence-corrected chi connectivity index (χ3v) is 2.31. The number of fused-ring (bicyclic) bond motifs is 1. The zero-order valence-corrected chi connectivity index (χ0v) is 8.81. The highest BCUT2D eigenvalue weighted by atomic mass is 35.5. The van der Waals surface area contributed by atoms with E-state index >= 15 is 0 Å². The molecule has 0 saturated carbocycles. The minimum absolute atomic E-state index is 0. The van der Waals surface area contributed by atoms with Gasteiger partial charge in [-0.25, -0.2) is 0 Å². The van der Waals surface area contributed by atoms with Gasteiger partial charge in [0.05, 0.1) is 5.39 Å². The largest absolute Gasteiger partial charge is 0.398 e. The first kappa shape index (κ1) is 10.7. The Labute approximate surface area is 87.6 Å². The van der Waals surface area contributed by atoms with Gasteiger partial charge in [-0.15, -0.1) is 12.4 Å². The molecule has 0 radical (unpaired) electrons. The molecule has 1 heterocycles. The molecule has 5 heteroatoms. The monoisotopic (exact) mass is 213 g/mol. The quantitative estimate of drug-likeness (QED) is 0.657. The zero-order valence-electron chi connectivity index (χ0n) is 8.00. The van der Waals surface area contributed by atoms with Gasteiger partial charge in [0.2, 0.25) is 0 Å².